The van der Waals surface area contributed by atoms with E-state index in [0.29, 0.717) is 23.2 Å². The average molecular weight is 406 g/mol. The number of aromatic nitrogens is 1. The normalized spacial score (nSPS) is 10.8. The lowest BCUT2D eigenvalue weighted by molar-refractivity contribution is -0.139. The Bertz CT molecular complexity index is 777. The lowest BCUT2D eigenvalue weighted by atomic mass is 10.2. The molecule has 1 aromatic carbocycles. The van der Waals surface area contributed by atoms with Gasteiger partial charge in [-0.05, 0) is 30.2 Å². The first-order valence-electron chi connectivity index (χ1n) is 9.27. The molecule has 0 saturated heterocycles. The zero-order valence-electron chi connectivity index (χ0n) is 16.6. The second kappa shape index (κ2) is 12.0. The van der Waals surface area contributed by atoms with Gasteiger partial charge in [-0.25, -0.2) is 4.98 Å². The lowest BCUT2D eigenvalue weighted by Crippen LogP contribution is -2.04. The maximum atomic E-state index is 11.3. The maximum Gasteiger partial charge on any atom is 0.311 e. The summed E-state index contributed by atoms with van der Waals surface area (Å²) in [6.07, 6.45) is 6.47. The van der Waals surface area contributed by atoms with Crippen LogP contribution in [-0.2, 0) is 16.0 Å². The summed E-state index contributed by atoms with van der Waals surface area (Å²) in [5, 5.41) is 6.59. The Hall–Kier alpha value is -2.61. The fraction of sp³-hybridized carbons (Fsp3) is 0.450. The molecule has 28 heavy (non-hydrogen) atoms. The van der Waals surface area contributed by atoms with Crippen LogP contribution in [0, 0.1) is 0 Å². The minimum absolute atomic E-state index is 0.148. The predicted molar refractivity (Wildman–Crippen MR) is 112 cm³/mol. The summed E-state index contributed by atoms with van der Waals surface area (Å²) in [4.78, 5) is 15.5. The molecule has 1 heterocycles. The molecule has 152 valence electrons. The number of hydrazone groups is 1. The van der Waals surface area contributed by atoms with Crippen LogP contribution in [-0.4, -0.2) is 38.0 Å². The molecule has 0 radical (unpaired) electrons. The van der Waals surface area contributed by atoms with Crippen molar-refractivity contribution in [1.82, 2.24) is 4.98 Å². The van der Waals surface area contributed by atoms with Crippen molar-refractivity contribution in [3.05, 3.63) is 34.8 Å². The molecule has 0 aliphatic heterocycles. The molecule has 8 heteroatoms. The van der Waals surface area contributed by atoms with E-state index in [1.165, 1.54) is 37.7 Å². The highest BCUT2D eigenvalue weighted by molar-refractivity contribution is 7.13. The molecule has 0 amide bonds. The number of unbranched alkanes of at least 4 members (excludes halogenated alkanes) is 3. The third kappa shape index (κ3) is 7.19. The first-order chi connectivity index (χ1) is 13.7. The summed E-state index contributed by atoms with van der Waals surface area (Å²) in [7, 11) is 2.98. The van der Waals surface area contributed by atoms with Crippen LogP contribution in [0.5, 0.6) is 11.5 Å². The highest BCUT2D eigenvalue weighted by atomic mass is 32.1. The summed E-state index contributed by atoms with van der Waals surface area (Å²) in [6.45, 7) is 2.87. The smallest absolute Gasteiger partial charge is 0.311 e. The van der Waals surface area contributed by atoms with Gasteiger partial charge in [-0.1, -0.05) is 26.2 Å². The number of thiazole rings is 1. The van der Waals surface area contributed by atoms with Gasteiger partial charge >= 0.3 is 5.97 Å². The number of ether oxygens (including phenoxy) is 3. The maximum absolute atomic E-state index is 11.3. The molecular formula is C20H27N3O4S. The van der Waals surface area contributed by atoms with Crippen molar-refractivity contribution in [3.63, 3.8) is 0 Å². The molecule has 1 aromatic heterocycles. The Kier molecular flexibility index (Phi) is 9.27. The summed E-state index contributed by atoms with van der Waals surface area (Å²) in [5.41, 5.74) is 4.38. The third-order valence-corrected chi connectivity index (χ3v) is 4.72. The van der Waals surface area contributed by atoms with Gasteiger partial charge in [-0.2, -0.15) is 5.10 Å². The van der Waals surface area contributed by atoms with Crippen LogP contribution in [0.15, 0.2) is 28.7 Å². The summed E-state index contributed by atoms with van der Waals surface area (Å²) < 4.78 is 15.9. The second-order valence-corrected chi connectivity index (χ2v) is 6.94. The van der Waals surface area contributed by atoms with Crippen LogP contribution >= 0.6 is 11.3 Å². The van der Waals surface area contributed by atoms with E-state index >= 15 is 0 Å². The van der Waals surface area contributed by atoms with Crippen molar-refractivity contribution >= 4 is 28.7 Å². The van der Waals surface area contributed by atoms with Gasteiger partial charge in [-0.15, -0.1) is 11.3 Å². The Labute approximate surface area is 169 Å². The number of hydrogen-bond donors (Lipinski definition) is 1. The molecule has 0 atom stereocenters. The van der Waals surface area contributed by atoms with Crippen LogP contribution < -0.4 is 14.9 Å². The standard InChI is InChI=1S/C20H27N3O4S/c1-4-5-6-7-10-27-17-9-8-15(11-18(17)25-2)13-21-23-20-22-16(14-28-20)12-19(24)26-3/h8-9,11,13-14H,4-7,10,12H2,1-3H3,(H,22,23)/b21-13-. The van der Waals surface area contributed by atoms with Gasteiger partial charge in [-0.3, -0.25) is 10.2 Å². The highest BCUT2D eigenvalue weighted by Gasteiger charge is 2.07. The molecule has 0 aliphatic rings. The van der Waals surface area contributed by atoms with Crippen molar-refractivity contribution in [2.24, 2.45) is 5.10 Å². The molecule has 0 bridgehead atoms. The van der Waals surface area contributed by atoms with Crippen molar-refractivity contribution in [1.29, 1.82) is 0 Å². The van der Waals surface area contributed by atoms with Gasteiger partial charge in [0.1, 0.15) is 0 Å². The van der Waals surface area contributed by atoms with Crippen LogP contribution in [0.3, 0.4) is 0 Å². The number of benzene rings is 1. The summed E-state index contributed by atoms with van der Waals surface area (Å²) >= 11 is 1.37. The topological polar surface area (TPSA) is 82.0 Å². The van der Waals surface area contributed by atoms with E-state index in [9.17, 15) is 4.79 Å². The molecule has 2 aromatic rings. The molecule has 2 rings (SSSR count). The van der Waals surface area contributed by atoms with E-state index in [4.69, 9.17) is 9.47 Å². The quantitative estimate of drug-likeness (QED) is 0.246. The van der Waals surface area contributed by atoms with Crippen molar-refractivity contribution in [2.75, 3.05) is 26.3 Å². The number of carbonyl (C=O) groups excluding carboxylic acids is 1. The Balaban J connectivity index is 1.88. The van der Waals surface area contributed by atoms with E-state index in [0.717, 1.165) is 17.7 Å². The molecule has 0 unspecified atom stereocenters. The van der Waals surface area contributed by atoms with E-state index in [2.05, 4.69) is 27.2 Å². The van der Waals surface area contributed by atoms with Gasteiger partial charge < -0.3 is 14.2 Å². The third-order valence-electron chi connectivity index (χ3n) is 3.92. The number of nitrogens with zero attached hydrogens (tertiary/aromatic N) is 2. The van der Waals surface area contributed by atoms with Gasteiger partial charge in [0.15, 0.2) is 11.5 Å². The highest BCUT2D eigenvalue weighted by Crippen LogP contribution is 2.28. The van der Waals surface area contributed by atoms with Gasteiger partial charge in [0.25, 0.3) is 0 Å². The van der Waals surface area contributed by atoms with Crippen LogP contribution in [0.4, 0.5) is 5.13 Å². The predicted octanol–water partition coefficient (Wildman–Crippen LogP) is 4.27. The Morgan fingerprint density at radius 2 is 2.11 bits per heavy atom. The van der Waals surface area contributed by atoms with Crippen molar-refractivity contribution in [3.8, 4) is 11.5 Å². The van der Waals surface area contributed by atoms with E-state index < -0.39 is 0 Å². The zero-order chi connectivity index (χ0) is 20.2. The first-order valence-corrected chi connectivity index (χ1v) is 10.1. The van der Waals surface area contributed by atoms with Gasteiger partial charge in [0.2, 0.25) is 5.13 Å². The first kappa shape index (κ1) is 21.7. The second-order valence-electron chi connectivity index (χ2n) is 6.09. The van der Waals surface area contributed by atoms with E-state index in [1.807, 2.05) is 18.2 Å². The van der Waals surface area contributed by atoms with E-state index in [-0.39, 0.29) is 12.4 Å². The van der Waals surface area contributed by atoms with Gasteiger partial charge in [0.05, 0.1) is 39.2 Å². The molecule has 0 aliphatic carbocycles. The Morgan fingerprint density at radius 3 is 2.86 bits per heavy atom. The number of anilines is 1. The number of carbonyl (C=O) groups is 1. The van der Waals surface area contributed by atoms with Gasteiger partial charge in [0, 0.05) is 5.38 Å². The number of esters is 1. The zero-order valence-corrected chi connectivity index (χ0v) is 17.4. The minimum Gasteiger partial charge on any atom is -0.493 e. The van der Waals surface area contributed by atoms with Crippen molar-refractivity contribution < 1.29 is 19.0 Å². The number of hydrogen-bond acceptors (Lipinski definition) is 8. The Morgan fingerprint density at radius 1 is 1.25 bits per heavy atom. The van der Waals surface area contributed by atoms with Crippen LogP contribution in [0.1, 0.15) is 43.9 Å². The average Bonchev–Trinajstić information content (AvgIpc) is 3.15. The number of methoxy groups -OCH3 is 2. The molecule has 0 fully saturated rings. The number of rotatable bonds is 12. The number of nitrogens with one attached hydrogen (secondary N) is 1. The fourth-order valence-corrected chi connectivity index (χ4v) is 3.08. The largest absolute Gasteiger partial charge is 0.493 e. The summed E-state index contributed by atoms with van der Waals surface area (Å²) in [6, 6.07) is 5.68. The molecule has 0 saturated carbocycles. The SMILES string of the molecule is CCCCCCOc1ccc(/C=N\Nc2nc(CC(=O)OC)cs2)cc1OC. The molecule has 1 N–H and O–H groups in total. The fourth-order valence-electron chi connectivity index (χ4n) is 2.42. The molecular weight excluding hydrogens is 378 g/mol. The monoisotopic (exact) mass is 405 g/mol. The van der Waals surface area contributed by atoms with Crippen LogP contribution in [0.2, 0.25) is 0 Å². The molecule has 0 spiro atoms. The lowest BCUT2D eigenvalue weighted by Gasteiger charge is -2.11. The van der Waals surface area contributed by atoms with Crippen molar-refractivity contribution in [2.45, 2.75) is 39.0 Å². The van der Waals surface area contributed by atoms with Crippen LogP contribution in [0.25, 0.3) is 0 Å². The van der Waals surface area contributed by atoms with E-state index in [1.54, 1.807) is 18.7 Å². The minimum atomic E-state index is -0.319. The summed E-state index contributed by atoms with van der Waals surface area (Å²) in [5.74, 6) is 1.09. The molecule has 7 nitrogen and oxygen atoms in total.